The van der Waals surface area contributed by atoms with E-state index in [4.69, 9.17) is 4.98 Å². The van der Waals surface area contributed by atoms with Gasteiger partial charge in [0, 0.05) is 19.3 Å². The molecule has 1 amide bonds. The van der Waals surface area contributed by atoms with E-state index in [1.165, 1.54) is 11.8 Å². The topological polar surface area (TPSA) is 71.0 Å². The van der Waals surface area contributed by atoms with Crippen molar-refractivity contribution in [1.82, 2.24) is 15.0 Å². The molecule has 7 heteroatoms. The molecule has 1 fully saturated rings. The number of thioether (sulfide) groups is 1. The van der Waals surface area contributed by atoms with Crippen molar-refractivity contribution in [3.8, 4) is 0 Å². The maximum absolute atomic E-state index is 12.8. The van der Waals surface area contributed by atoms with Crippen molar-refractivity contribution >= 4 is 40.3 Å². The summed E-state index contributed by atoms with van der Waals surface area (Å²) in [4.78, 5) is 28.8. The van der Waals surface area contributed by atoms with Gasteiger partial charge in [-0.05, 0) is 43.4 Å². The zero-order valence-electron chi connectivity index (χ0n) is 14.5. The van der Waals surface area contributed by atoms with Gasteiger partial charge in [0.15, 0.2) is 11.6 Å². The molecule has 1 aliphatic rings. The lowest BCUT2D eigenvalue weighted by atomic mass is 10.2. The number of nitrogens with one attached hydrogen (secondary N) is 1. The van der Waals surface area contributed by atoms with E-state index in [1.807, 2.05) is 30.5 Å². The summed E-state index contributed by atoms with van der Waals surface area (Å²) in [5.41, 5.74) is 2.14. The van der Waals surface area contributed by atoms with E-state index >= 15 is 0 Å². The minimum Gasteiger partial charge on any atom is -0.354 e. The first-order valence-electron chi connectivity index (χ1n) is 8.58. The first kappa shape index (κ1) is 16.8. The molecule has 0 saturated carbocycles. The predicted molar refractivity (Wildman–Crippen MR) is 105 cm³/mol. The Bertz CT molecular complexity index is 956. The van der Waals surface area contributed by atoms with Crippen LogP contribution < -0.4 is 10.2 Å². The second-order valence-corrected chi connectivity index (χ2v) is 6.89. The monoisotopic (exact) mass is 365 g/mol. The number of aromatic nitrogens is 3. The highest BCUT2D eigenvalue weighted by Gasteiger charge is 2.22. The standard InChI is InChI=1S/C19H19N5OS/c1-26-19-13(7-6-10-20-19)18(25)23-16-17(24-11-4-5-12-24)22-15-9-3-2-8-14(15)21-16/h2-3,6-10H,4-5,11-12H2,1H3,(H,21,23,25). The molecule has 1 N–H and O–H groups in total. The van der Waals surface area contributed by atoms with Gasteiger partial charge in [0.05, 0.1) is 16.6 Å². The van der Waals surface area contributed by atoms with Crippen molar-refractivity contribution in [3.05, 3.63) is 48.2 Å². The molecule has 132 valence electrons. The first-order chi connectivity index (χ1) is 12.8. The molecule has 0 atom stereocenters. The third-order valence-electron chi connectivity index (χ3n) is 4.40. The van der Waals surface area contributed by atoms with Crippen molar-refractivity contribution < 1.29 is 4.79 Å². The van der Waals surface area contributed by atoms with Crippen LogP contribution in [-0.2, 0) is 0 Å². The fraction of sp³-hybridized carbons (Fsp3) is 0.263. The van der Waals surface area contributed by atoms with Gasteiger partial charge in [0.2, 0.25) is 0 Å². The van der Waals surface area contributed by atoms with Crippen LogP contribution in [0.15, 0.2) is 47.6 Å². The number of pyridine rings is 1. The summed E-state index contributed by atoms with van der Waals surface area (Å²) in [5.74, 6) is 1.03. The van der Waals surface area contributed by atoms with Crippen LogP contribution in [0.2, 0.25) is 0 Å². The second-order valence-electron chi connectivity index (χ2n) is 6.09. The number of benzene rings is 1. The van der Waals surface area contributed by atoms with E-state index in [2.05, 4.69) is 20.2 Å². The molecule has 1 saturated heterocycles. The predicted octanol–water partition coefficient (Wildman–Crippen LogP) is 3.60. The third-order valence-corrected chi connectivity index (χ3v) is 5.11. The van der Waals surface area contributed by atoms with Gasteiger partial charge in [0.1, 0.15) is 5.03 Å². The number of nitrogens with zero attached hydrogens (tertiary/aromatic N) is 4. The lowest BCUT2D eigenvalue weighted by Gasteiger charge is -2.20. The van der Waals surface area contributed by atoms with Crippen LogP contribution in [0.4, 0.5) is 11.6 Å². The molecule has 3 heterocycles. The van der Waals surface area contributed by atoms with Crippen molar-refractivity contribution in [2.45, 2.75) is 17.9 Å². The molecule has 4 rings (SSSR count). The number of para-hydroxylation sites is 2. The maximum atomic E-state index is 12.8. The lowest BCUT2D eigenvalue weighted by Crippen LogP contribution is -2.23. The zero-order chi connectivity index (χ0) is 17.9. The third kappa shape index (κ3) is 3.22. The van der Waals surface area contributed by atoms with E-state index in [0.29, 0.717) is 16.4 Å². The summed E-state index contributed by atoms with van der Waals surface area (Å²) in [6.07, 6.45) is 5.85. The van der Waals surface area contributed by atoms with Gasteiger partial charge in [-0.2, -0.15) is 0 Å². The molecule has 0 spiro atoms. The van der Waals surface area contributed by atoms with Crippen molar-refractivity contribution in [2.75, 3.05) is 29.6 Å². The smallest absolute Gasteiger partial charge is 0.259 e. The Labute approximate surface area is 156 Å². The van der Waals surface area contributed by atoms with Crippen LogP contribution in [0.1, 0.15) is 23.2 Å². The van der Waals surface area contributed by atoms with Gasteiger partial charge in [-0.15, -0.1) is 11.8 Å². The molecule has 1 aliphatic heterocycles. The summed E-state index contributed by atoms with van der Waals surface area (Å²) in [6, 6.07) is 11.3. The maximum Gasteiger partial charge on any atom is 0.259 e. The fourth-order valence-electron chi connectivity index (χ4n) is 3.13. The Morgan fingerprint density at radius 3 is 2.54 bits per heavy atom. The van der Waals surface area contributed by atoms with Gasteiger partial charge in [-0.25, -0.2) is 15.0 Å². The van der Waals surface area contributed by atoms with Gasteiger partial charge in [0.25, 0.3) is 5.91 Å². The molecule has 6 nitrogen and oxygen atoms in total. The van der Waals surface area contributed by atoms with E-state index in [9.17, 15) is 4.79 Å². The Morgan fingerprint density at radius 2 is 1.81 bits per heavy atom. The first-order valence-corrected chi connectivity index (χ1v) is 9.81. The van der Waals surface area contributed by atoms with Crippen molar-refractivity contribution in [1.29, 1.82) is 0 Å². The van der Waals surface area contributed by atoms with Crippen molar-refractivity contribution in [3.63, 3.8) is 0 Å². The molecule has 0 radical (unpaired) electrons. The molecule has 0 bridgehead atoms. The number of anilines is 2. The van der Waals surface area contributed by atoms with E-state index < -0.39 is 0 Å². The van der Waals surface area contributed by atoms with E-state index in [0.717, 1.165) is 42.8 Å². The van der Waals surface area contributed by atoms with Gasteiger partial charge >= 0.3 is 0 Å². The minimum absolute atomic E-state index is 0.215. The van der Waals surface area contributed by atoms with E-state index in [-0.39, 0.29) is 5.91 Å². The highest BCUT2D eigenvalue weighted by molar-refractivity contribution is 7.98. The molecule has 2 aromatic heterocycles. The minimum atomic E-state index is -0.215. The number of fused-ring (bicyclic) bond motifs is 1. The number of carbonyl (C=O) groups excluding carboxylic acids is 1. The highest BCUT2D eigenvalue weighted by Crippen LogP contribution is 2.28. The summed E-state index contributed by atoms with van der Waals surface area (Å²) in [6.45, 7) is 1.86. The van der Waals surface area contributed by atoms with Gasteiger partial charge in [-0.3, -0.25) is 4.79 Å². The molecular formula is C19H19N5OS. The van der Waals surface area contributed by atoms with Crippen LogP contribution in [0.3, 0.4) is 0 Å². The van der Waals surface area contributed by atoms with Gasteiger partial charge in [-0.1, -0.05) is 12.1 Å². The Balaban J connectivity index is 1.74. The normalized spacial score (nSPS) is 14.0. The van der Waals surface area contributed by atoms with Crippen LogP contribution in [0.5, 0.6) is 0 Å². The van der Waals surface area contributed by atoms with Gasteiger partial charge < -0.3 is 10.2 Å². The number of hydrogen-bond donors (Lipinski definition) is 1. The Hall–Kier alpha value is -2.67. The van der Waals surface area contributed by atoms with E-state index in [1.54, 1.807) is 18.3 Å². The average Bonchev–Trinajstić information content (AvgIpc) is 3.22. The quantitative estimate of drug-likeness (QED) is 0.713. The van der Waals surface area contributed by atoms with Crippen LogP contribution in [0.25, 0.3) is 11.0 Å². The summed E-state index contributed by atoms with van der Waals surface area (Å²) in [5, 5.41) is 3.66. The van der Waals surface area contributed by atoms with Crippen LogP contribution in [-0.4, -0.2) is 40.2 Å². The lowest BCUT2D eigenvalue weighted by molar-refractivity contribution is 0.102. The average molecular weight is 365 g/mol. The largest absolute Gasteiger partial charge is 0.354 e. The zero-order valence-corrected chi connectivity index (χ0v) is 15.3. The number of amides is 1. The number of hydrogen-bond acceptors (Lipinski definition) is 6. The SMILES string of the molecule is CSc1ncccc1C(=O)Nc1nc2ccccc2nc1N1CCCC1. The fourth-order valence-corrected chi connectivity index (χ4v) is 3.67. The summed E-state index contributed by atoms with van der Waals surface area (Å²) >= 11 is 1.45. The molecule has 0 unspecified atom stereocenters. The molecular weight excluding hydrogens is 346 g/mol. The Kier molecular flexibility index (Phi) is 4.71. The van der Waals surface area contributed by atoms with Crippen LogP contribution >= 0.6 is 11.8 Å². The summed E-state index contributed by atoms with van der Waals surface area (Å²) < 4.78 is 0. The number of rotatable bonds is 4. The number of carbonyl (C=O) groups is 1. The highest BCUT2D eigenvalue weighted by atomic mass is 32.2. The Morgan fingerprint density at radius 1 is 1.08 bits per heavy atom. The molecule has 26 heavy (non-hydrogen) atoms. The van der Waals surface area contributed by atoms with Crippen LogP contribution in [0, 0.1) is 0 Å². The molecule has 0 aliphatic carbocycles. The second kappa shape index (κ2) is 7.29. The summed E-state index contributed by atoms with van der Waals surface area (Å²) in [7, 11) is 0. The molecule has 1 aromatic carbocycles. The molecule has 3 aromatic rings. The van der Waals surface area contributed by atoms with Crippen molar-refractivity contribution in [2.24, 2.45) is 0 Å².